The highest BCUT2D eigenvalue weighted by Gasteiger charge is 2.24. The van der Waals surface area contributed by atoms with Crippen molar-refractivity contribution in [3.63, 3.8) is 0 Å². The van der Waals surface area contributed by atoms with E-state index in [9.17, 15) is 9.18 Å². The number of halogens is 1. The molecule has 2 atom stereocenters. The average Bonchev–Trinajstić information content (AvgIpc) is 2.62. The first-order valence-electron chi connectivity index (χ1n) is 8.33. The maximum absolute atomic E-state index is 13.2. The number of methoxy groups -OCH3 is 1. The number of nitrogens with zero attached hydrogens (tertiary/aromatic N) is 1. The number of amides is 1. The monoisotopic (exact) mass is 345 g/mol. The molecule has 4 nitrogen and oxygen atoms in total. The first-order chi connectivity index (χ1) is 12.0. The summed E-state index contributed by atoms with van der Waals surface area (Å²) in [6.45, 7) is 4.32. The summed E-state index contributed by atoms with van der Waals surface area (Å²) in [6, 6.07) is 14.8. The molecule has 5 heteroatoms. The number of carbonyl (C=O) groups is 1. The van der Waals surface area contributed by atoms with Crippen molar-refractivity contribution in [2.24, 2.45) is 0 Å². The molecule has 0 aliphatic heterocycles. The molecule has 2 aromatic carbocycles. The van der Waals surface area contributed by atoms with Gasteiger partial charge in [0.15, 0.2) is 0 Å². The molecule has 0 aliphatic rings. The van der Waals surface area contributed by atoms with Gasteiger partial charge in [-0.25, -0.2) is 9.18 Å². The van der Waals surface area contributed by atoms with E-state index in [1.807, 2.05) is 32.0 Å². The van der Waals surface area contributed by atoms with Crippen molar-refractivity contribution >= 4 is 6.09 Å². The molecule has 0 bridgehead atoms. The van der Waals surface area contributed by atoms with Crippen molar-refractivity contribution in [3.8, 4) is 5.75 Å². The maximum atomic E-state index is 13.2. The van der Waals surface area contributed by atoms with E-state index < -0.39 is 6.09 Å². The Morgan fingerprint density at radius 3 is 2.32 bits per heavy atom. The highest BCUT2D eigenvalue weighted by Crippen LogP contribution is 2.23. The number of para-hydroxylation sites is 1. The van der Waals surface area contributed by atoms with Gasteiger partial charge in [-0.15, -0.1) is 0 Å². The molecule has 0 aromatic heterocycles. The summed E-state index contributed by atoms with van der Waals surface area (Å²) in [5.41, 5.74) is 0.844. The molecule has 2 unspecified atom stereocenters. The Labute approximate surface area is 148 Å². The normalized spacial score (nSPS) is 13.1. The molecule has 0 N–H and O–H groups in total. The highest BCUT2D eigenvalue weighted by molar-refractivity contribution is 5.71. The van der Waals surface area contributed by atoms with Crippen molar-refractivity contribution in [1.82, 2.24) is 4.90 Å². The Hall–Kier alpha value is -2.40. The SMILES string of the molecule is COC(C)CCN(C(=O)Oc1ccccc1)C(C)c1ccc(F)cc1. The van der Waals surface area contributed by atoms with E-state index >= 15 is 0 Å². The minimum atomic E-state index is -0.439. The summed E-state index contributed by atoms with van der Waals surface area (Å²) in [7, 11) is 1.64. The van der Waals surface area contributed by atoms with Crippen molar-refractivity contribution in [2.45, 2.75) is 32.4 Å². The van der Waals surface area contributed by atoms with E-state index in [0.29, 0.717) is 18.7 Å². The Kier molecular flexibility index (Phi) is 6.95. The lowest BCUT2D eigenvalue weighted by atomic mass is 10.1. The van der Waals surface area contributed by atoms with Gasteiger partial charge in [0.05, 0.1) is 12.1 Å². The summed E-state index contributed by atoms with van der Waals surface area (Å²) in [5, 5.41) is 0. The van der Waals surface area contributed by atoms with Crippen molar-refractivity contribution in [3.05, 3.63) is 66.0 Å². The molecule has 0 fully saturated rings. The number of rotatable bonds is 7. The van der Waals surface area contributed by atoms with Crippen LogP contribution in [0.2, 0.25) is 0 Å². The van der Waals surface area contributed by atoms with Crippen molar-refractivity contribution < 1.29 is 18.7 Å². The van der Waals surface area contributed by atoms with Crippen LogP contribution in [0.3, 0.4) is 0 Å². The van der Waals surface area contributed by atoms with E-state index in [1.54, 1.807) is 36.3 Å². The number of benzene rings is 2. The van der Waals surface area contributed by atoms with Crippen LogP contribution >= 0.6 is 0 Å². The third-order valence-corrected chi connectivity index (χ3v) is 4.18. The fraction of sp³-hybridized carbons (Fsp3) is 0.350. The van der Waals surface area contributed by atoms with Crippen molar-refractivity contribution in [1.29, 1.82) is 0 Å². The van der Waals surface area contributed by atoms with Crippen LogP contribution in [0, 0.1) is 5.82 Å². The summed E-state index contributed by atoms with van der Waals surface area (Å²) >= 11 is 0. The second kappa shape index (κ2) is 9.18. The standard InChI is InChI=1S/C20H24FNO3/c1-15(24-3)13-14-22(16(2)17-9-11-18(21)12-10-17)20(23)25-19-7-5-4-6-8-19/h4-12,15-16H,13-14H2,1-3H3. The fourth-order valence-corrected chi connectivity index (χ4v) is 2.45. The molecule has 134 valence electrons. The third-order valence-electron chi connectivity index (χ3n) is 4.18. The van der Waals surface area contributed by atoms with E-state index in [4.69, 9.17) is 9.47 Å². The minimum absolute atomic E-state index is 0.0208. The molecule has 25 heavy (non-hydrogen) atoms. The second-order valence-electron chi connectivity index (χ2n) is 5.94. The largest absolute Gasteiger partial charge is 0.415 e. The minimum Gasteiger partial charge on any atom is -0.410 e. The Balaban J connectivity index is 2.16. The van der Waals surface area contributed by atoms with E-state index in [1.165, 1.54) is 12.1 Å². The lowest BCUT2D eigenvalue weighted by molar-refractivity contribution is 0.0871. The first-order valence-corrected chi connectivity index (χ1v) is 8.33. The Morgan fingerprint density at radius 2 is 1.72 bits per heavy atom. The summed E-state index contributed by atoms with van der Waals surface area (Å²) in [4.78, 5) is 14.3. The molecule has 0 radical (unpaired) electrons. The van der Waals surface area contributed by atoms with Gasteiger partial charge in [-0.3, -0.25) is 0 Å². The first kappa shape index (κ1) is 18.9. The fourth-order valence-electron chi connectivity index (χ4n) is 2.45. The van der Waals surface area contributed by atoms with E-state index in [-0.39, 0.29) is 18.0 Å². The molecular formula is C20H24FNO3. The zero-order valence-corrected chi connectivity index (χ0v) is 14.8. The van der Waals surface area contributed by atoms with Gasteiger partial charge in [-0.2, -0.15) is 0 Å². The van der Waals surface area contributed by atoms with Crippen LogP contribution in [0.5, 0.6) is 5.75 Å². The van der Waals surface area contributed by atoms with Crippen LogP contribution in [0.4, 0.5) is 9.18 Å². The van der Waals surface area contributed by atoms with Gasteiger partial charge in [0.25, 0.3) is 0 Å². The molecule has 0 saturated carbocycles. The van der Waals surface area contributed by atoms with Crippen LogP contribution < -0.4 is 4.74 Å². The molecule has 0 heterocycles. The van der Waals surface area contributed by atoms with Crippen LogP contribution in [0.1, 0.15) is 31.9 Å². The second-order valence-corrected chi connectivity index (χ2v) is 5.94. The van der Waals surface area contributed by atoms with Gasteiger partial charge in [-0.05, 0) is 50.1 Å². The molecular weight excluding hydrogens is 321 g/mol. The smallest absolute Gasteiger partial charge is 0.410 e. The quantitative estimate of drug-likeness (QED) is 0.723. The molecule has 0 spiro atoms. The molecule has 1 amide bonds. The molecule has 0 saturated heterocycles. The number of ether oxygens (including phenoxy) is 2. The Morgan fingerprint density at radius 1 is 1.08 bits per heavy atom. The summed E-state index contributed by atoms with van der Waals surface area (Å²) in [5.74, 6) is 0.186. The van der Waals surface area contributed by atoms with Gasteiger partial charge < -0.3 is 14.4 Å². The van der Waals surface area contributed by atoms with Gasteiger partial charge in [0.1, 0.15) is 11.6 Å². The van der Waals surface area contributed by atoms with Gasteiger partial charge in [-0.1, -0.05) is 30.3 Å². The lowest BCUT2D eigenvalue weighted by Gasteiger charge is -2.29. The van der Waals surface area contributed by atoms with E-state index in [2.05, 4.69) is 0 Å². The predicted molar refractivity (Wildman–Crippen MR) is 95.1 cm³/mol. The van der Waals surface area contributed by atoms with Crippen LogP contribution in [-0.4, -0.2) is 30.8 Å². The van der Waals surface area contributed by atoms with Crippen LogP contribution in [0.25, 0.3) is 0 Å². The number of hydrogen-bond acceptors (Lipinski definition) is 3. The number of hydrogen-bond donors (Lipinski definition) is 0. The molecule has 0 aliphatic carbocycles. The van der Waals surface area contributed by atoms with Gasteiger partial charge >= 0.3 is 6.09 Å². The third kappa shape index (κ3) is 5.57. The zero-order valence-electron chi connectivity index (χ0n) is 14.8. The maximum Gasteiger partial charge on any atom is 0.415 e. The highest BCUT2D eigenvalue weighted by atomic mass is 19.1. The number of carbonyl (C=O) groups excluding carboxylic acids is 1. The lowest BCUT2D eigenvalue weighted by Crippen LogP contribution is -2.37. The van der Waals surface area contributed by atoms with E-state index in [0.717, 1.165) is 5.56 Å². The van der Waals surface area contributed by atoms with Crippen molar-refractivity contribution in [2.75, 3.05) is 13.7 Å². The Bertz CT molecular complexity index is 660. The average molecular weight is 345 g/mol. The van der Waals surface area contributed by atoms with Gasteiger partial charge in [0.2, 0.25) is 0 Å². The molecule has 2 aromatic rings. The van der Waals surface area contributed by atoms with Crippen LogP contribution in [-0.2, 0) is 4.74 Å². The zero-order chi connectivity index (χ0) is 18.2. The predicted octanol–water partition coefficient (Wildman–Crippen LogP) is 4.81. The summed E-state index contributed by atoms with van der Waals surface area (Å²) in [6.07, 6.45) is 0.255. The topological polar surface area (TPSA) is 38.8 Å². The van der Waals surface area contributed by atoms with Gasteiger partial charge in [0, 0.05) is 13.7 Å². The summed E-state index contributed by atoms with van der Waals surface area (Å²) < 4.78 is 23.9. The van der Waals surface area contributed by atoms with Crippen LogP contribution in [0.15, 0.2) is 54.6 Å². The molecule has 2 rings (SSSR count).